The summed E-state index contributed by atoms with van der Waals surface area (Å²) in [6.07, 6.45) is 1.81. The minimum absolute atomic E-state index is 0.316. The van der Waals surface area contributed by atoms with Crippen molar-refractivity contribution in [2.45, 2.75) is 38.3 Å². The Morgan fingerprint density at radius 2 is 2.18 bits per heavy atom. The predicted octanol–water partition coefficient (Wildman–Crippen LogP) is 1.54. The third kappa shape index (κ3) is 2.61. The Morgan fingerprint density at radius 3 is 2.88 bits per heavy atom. The molecule has 0 bridgehead atoms. The molecule has 17 heavy (non-hydrogen) atoms. The lowest BCUT2D eigenvalue weighted by Gasteiger charge is -2.29. The minimum atomic E-state index is -0.753. The maximum atomic E-state index is 9.97. The molecule has 3 heteroatoms. The van der Waals surface area contributed by atoms with E-state index < -0.39 is 5.60 Å². The molecule has 1 aromatic carbocycles. The number of benzene rings is 1. The fourth-order valence-electron chi connectivity index (χ4n) is 2.43. The van der Waals surface area contributed by atoms with Crippen molar-refractivity contribution in [2.75, 3.05) is 18.0 Å². The average Bonchev–Trinajstić information content (AvgIpc) is 2.62. The maximum Gasteiger partial charge on any atom is 0.0758 e. The van der Waals surface area contributed by atoms with Crippen molar-refractivity contribution >= 4 is 5.69 Å². The monoisotopic (exact) mass is 234 g/mol. The van der Waals surface area contributed by atoms with Gasteiger partial charge in [0.1, 0.15) is 0 Å². The Labute approximate surface area is 103 Å². The van der Waals surface area contributed by atoms with E-state index in [0.717, 1.165) is 13.0 Å². The molecule has 1 aliphatic rings. The fourth-order valence-corrected chi connectivity index (χ4v) is 2.43. The van der Waals surface area contributed by atoms with Crippen LogP contribution in [-0.4, -0.2) is 29.8 Å². The van der Waals surface area contributed by atoms with E-state index in [0.29, 0.717) is 19.0 Å². The van der Waals surface area contributed by atoms with Crippen LogP contribution in [0.15, 0.2) is 24.3 Å². The van der Waals surface area contributed by atoms with E-state index in [1.807, 2.05) is 0 Å². The molecule has 0 saturated carbocycles. The molecule has 2 unspecified atom stereocenters. The molecule has 1 aromatic rings. The molecule has 2 rings (SSSR count). The van der Waals surface area contributed by atoms with Crippen molar-refractivity contribution in [3.8, 4) is 0 Å². The van der Waals surface area contributed by atoms with Gasteiger partial charge in [0.25, 0.3) is 0 Å². The van der Waals surface area contributed by atoms with Gasteiger partial charge >= 0.3 is 0 Å². The SMILES string of the molecule is CC1Cc2ccccc2N1CCC(C)(O)CN. The molecule has 94 valence electrons. The quantitative estimate of drug-likeness (QED) is 0.831. The van der Waals surface area contributed by atoms with Crippen LogP contribution in [-0.2, 0) is 6.42 Å². The van der Waals surface area contributed by atoms with Crippen molar-refractivity contribution in [3.05, 3.63) is 29.8 Å². The van der Waals surface area contributed by atoms with Crippen molar-refractivity contribution in [3.63, 3.8) is 0 Å². The van der Waals surface area contributed by atoms with Crippen LogP contribution < -0.4 is 10.6 Å². The molecule has 0 radical (unpaired) electrons. The highest BCUT2D eigenvalue weighted by atomic mass is 16.3. The summed E-state index contributed by atoms with van der Waals surface area (Å²) in [5.41, 5.74) is 7.52. The molecule has 0 saturated heterocycles. The zero-order valence-corrected chi connectivity index (χ0v) is 10.7. The molecule has 0 aliphatic carbocycles. The van der Waals surface area contributed by atoms with E-state index in [1.165, 1.54) is 11.3 Å². The first-order valence-corrected chi connectivity index (χ1v) is 6.30. The highest BCUT2D eigenvalue weighted by Gasteiger charge is 2.27. The van der Waals surface area contributed by atoms with Gasteiger partial charge in [-0.2, -0.15) is 0 Å². The number of rotatable bonds is 4. The van der Waals surface area contributed by atoms with Gasteiger partial charge < -0.3 is 15.7 Å². The second-order valence-corrected chi connectivity index (χ2v) is 5.33. The molecular weight excluding hydrogens is 212 g/mol. The van der Waals surface area contributed by atoms with E-state index in [-0.39, 0.29) is 0 Å². The molecule has 1 aliphatic heterocycles. The van der Waals surface area contributed by atoms with Crippen LogP contribution in [0.3, 0.4) is 0 Å². The Morgan fingerprint density at radius 1 is 1.47 bits per heavy atom. The van der Waals surface area contributed by atoms with Crippen LogP contribution in [0.1, 0.15) is 25.8 Å². The predicted molar refractivity (Wildman–Crippen MR) is 71.2 cm³/mol. The number of nitrogens with two attached hydrogens (primary N) is 1. The van der Waals surface area contributed by atoms with Gasteiger partial charge in [0, 0.05) is 24.8 Å². The summed E-state index contributed by atoms with van der Waals surface area (Å²) in [4.78, 5) is 2.37. The average molecular weight is 234 g/mol. The Kier molecular flexibility index (Phi) is 3.40. The second kappa shape index (κ2) is 4.67. The van der Waals surface area contributed by atoms with Crippen molar-refractivity contribution in [2.24, 2.45) is 5.73 Å². The van der Waals surface area contributed by atoms with E-state index in [9.17, 15) is 5.11 Å². The summed E-state index contributed by atoms with van der Waals surface area (Å²) in [6, 6.07) is 9.03. The Bertz CT molecular complexity index is 390. The number of fused-ring (bicyclic) bond motifs is 1. The van der Waals surface area contributed by atoms with Gasteiger partial charge in [-0.15, -0.1) is 0 Å². The van der Waals surface area contributed by atoms with Crippen LogP contribution in [0.25, 0.3) is 0 Å². The smallest absolute Gasteiger partial charge is 0.0758 e. The number of hydrogen-bond donors (Lipinski definition) is 2. The van der Waals surface area contributed by atoms with Gasteiger partial charge in [-0.05, 0) is 38.3 Å². The normalized spacial score (nSPS) is 22.4. The fraction of sp³-hybridized carbons (Fsp3) is 0.571. The summed E-state index contributed by atoms with van der Waals surface area (Å²) >= 11 is 0. The maximum absolute atomic E-state index is 9.97. The third-order valence-corrected chi connectivity index (χ3v) is 3.68. The molecule has 1 heterocycles. The molecule has 3 N–H and O–H groups in total. The van der Waals surface area contributed by atoms with Gasteiger partial charge in [-0.3, -0.25) is 0 Å². The zero-order chi connectivity index (χ0) is 12.5. The number of nitrogens with zero attached hydrogens (tertiary/aromatic N) is 1. The first-order valence-electron chi connectivity index (χ1n) is 6.30. The molecule has 0 amide bonds. The van der Waals surface area contributed by atoms with Crippen LogP contribution in [0, 0.1) is 0 Å². The van der Waals surface area contributed by atoms with Crippen molar-refractivity contribution in [1.82, 2.24) is 0 Å². The van der Waals surface area contributed by atoms with Crippen LogP contribution >= 0.6 is 0 Å². The van der Waals surface area contributed by atoms with Gasteiger partial charge in [0.2, 0.25) is 0 Å². The summed E-state index contributed by atoms with van der Waals surface area (Å²) in [6.45, 7) is 5.22. The van der Waals surface area contributed by atoms with Gasteiger partial charge in [0.05, 0.1) is 5.60 Å². The molecule has 0 spiro atoms. The minimum Gasteiger partial charge on any atom is -0.389 e. The first-order chi connectivity index (χ1) is 8.03. The number of anilines is 1. The topological polar surface area (TPSA) is 49.5 Å². The summed E-state index contributed by atoms with van der Waals surface area (Å²) < 4.78 is 0. The third-order valence-electron chi connectivity index (χ3n) is 3.68. The Hall–Kier alpha value is -1.06. The van der Waals surface area contributed by atoms with Gasteiger partial charge in [-0.1, -0.05) is 18.2 Å². The zero-order valence-electron chi connectivity index (χ0n) is 10.7. The van der Waals surface area contributed by atoms with Gasteiger partial charge in [-0.25, -0.2) is 0 Å². The number of aliphatic hydroxyl groups is 1. The molecule has 2 atom stereocenters. The molecule has 3 nitrogen and oxygen atoms in total. The van der Waals surface area contributed by atoms with E-state index in [2.05, 4.69) is 36.1 Å². The summed E-state index contributed by atoms with van der Waals surface area (Å²) in [7, 11) is 0. The van der Waals surface area contributed by atoms with Crippen molar-refractivity contribution in [1.29, 1.82) is 0 Å². The Balaban J connectivity index is 2.07. The lowest BCUT2D eigenvalue weighted by atomic mass is 10.0. The summed E-state index contributed by atoms with van der Waals surface area (Å²) in [5, 5.41) is 9.97. The number of para-hydroxylation sites is 1. The second-order valence-electron chi connectivity index (χ2n) is 5.33. The lowest BCUT2D eigenvalue weighted by Crippen LogP contribution is -2.40. The van der Waals surface area contributed by atoms with E-state index >= 15 is 0 Å². The lowest BCUT2D eigenvalue weighted by molar-refractivity contribution is 0.0617. The number of hydrogen-bond acceptors (Lipinski definition) is 3. The first kappa shape index (κ1) is 12.4. The van der Waals surface area contributed by atoms with Crippen molar-refractivity contribution < 1.29 is 5.11 Å². The van der Waals surface area contributed by atoms with E-state index in [1.54, 1.807) is 6.92 Å². The van der Waals surface area contributed by atoms with Crippen LogP contribution in [0.2, 0.25) is 0 Å². The highest BCUT2D eigenvalue weighted by molar-refractivity contribution is 5.59. The van der Waals surface area contributed by atoms with Gasteiger partial charge in [0.15, 0.2) is 0 Å². The van der Waals surface area contributed by atoms with Crippen LogP contribution in [0.5, 0.6) is 0 Å². The largest absolute Gasteiger partial charge is 0.389 e. The highest BCUT2D eigenvalue weighted by Crippen LogP contribution is 2.32. The summed E-state index contributed by atoms with van der Waals surface area (Å²) in [5.74, 6) is 0. The van der Waals surface area contributed by atoms with Crippen LogP contribution in [0.4, 0.5) is 5.69 Å². The molecule has 0 fully saturated rings. The van der Waals surface area contributed by atoms with E-state index in [4.69, 9.17) is 5.73 Å². The molecular formula is C14H22N2O. The molecule has 0 aromatic heterocycles. The standard InChI is InChI=1S/C14H22N2O/c1-11-9-12-5-3-4-6-13(12)16(11)8-7-14(2,17)10-15/h3-6,11,17H,7-10,15H2,1-2H3.